The number of unbranched alkanes of at least 4 members (excludes halogenated alkanes) is 2. The number of esters is 2. The van der Waals surface area contributed by atoms with E-state index < -0.39 is 5.25 Å². The molecular weight excluding hydrogens is 304 g/mol. The zero-order chi connectivity index (χ0) is 16.8. The molecular formula is C16H30O5S. The number of ether oxygens (including phenoxy) is 3. The molecule has 0 aromatic carbocycles. The van der Waals surface area contributed by atoms with Crippen molar-refractivity contribution < 1.29 is 23.8 Å². The van der Waals surface area contributed by atoms with E-state index in [1.807, 2.05) is 27.7 Å². The molecule has 0 fully saturated rings. The van der Waals surface area contributed by atoms with Crippen LogP contribution in [0.25, 0.3) is 0 Å². The standard InChI is InChI=1S/C16H30O5S/c1-5-8-10-20-15(17)12-14(22-13(4)19-7-3)16(18)21-11-9-6-2/h13-14H,5-12H2,1-4H3/t13-,14?/m0/s1. The summed E-state index contributed by atoms with van der Waals surface area (Å²) in [6.45, 7) is 9.17. The van der Waals surface area contributed by atoms with E-state index in [4.69, 9.17) is 14.2 Å². The average Bonchev–Trinajstić information content (AvgIpc) is 2.47. The summed E-state index contributed by atoms with van der Waals surface area (Å²) in [5.74, 6) is -0.723. The Hall–Kier alpha value is -0.750. The van der Waals surface area contributed by atoms with E-state index in [1.165, 1.54) is 11.8 Å². The summed E-state index contributed by atoms with van der Waals surface area (Å²) in [4.78, 5) is 23.9. The van der Waals surface area contributed by atoms with Crippen molar-refractivity contribution in [2.45, 2.75) is 70.5 Å². The normalized spacial score (nSPS) is 13.5. The van der Waals surface area contributed by atoms with Gasteiger partial charge in [0.25, 0.3) is 0 Å². The van der Waals surface area contributed by atoms with Gasteiger partial charge in [-0.15, -0.1) is 11.8 Å². The fraction of sp³-hybridized carbons (Fsp3) is 0.875. The minimum absolute atomic E-state index is 0.0246. The van der Waals surface area contributed by atoms with E-state index in [0.717, 1.165) is 25.7 Å². The molecule has 0 N–H and O–H groups in total. The van der Waals surface area contributed by atoms with Gasteiger partial charge in [-0.3, -0.25) is 9.59 Å². The topological polar surface area (TPSA) is 61.8 Å². The zero-order valence-corrected chi connectivity index (χ0v) is 15.1. The van der Waals surface area contributed by atoms with Crippen molar-refractivity contribution in [1.29, 1.82) is 0 Å². The summed E-state index contributed by atoms with van der Waals surface area (Å²) >= 11 is 1.31. The molecule has 2 atom stereocenters. The maximum atomic E-state index is 12.1. The number of carbonyl (C=O) groups is 2. The van der Waals surface area contributed by atoms with Crippen LogP contribution in [0, 0.1) is 0 Å². The predicted molar refractivity (Wildman–Crippen MR) is 88.8 cm³/mol. The smallest absolute Gasteiger partial charge is 0.319 e. The Balaban J connectivity index is 4.43. The van der Waals surface area contributed by atoms with Crippen molar-refractivity contribution in [3.63, 3.8) is 0 Å². The number of rotatable bonds is 13. The molecule has 0 aromatic heterocycles. The maximum Gasteiger partial charge on any atom is 0.319 e. The van der Waals surface area contributed by atoms with Gasteiger partial charge in [0.2, 0.25) is 0 Å². The number of hydrogen-bond donors (Lipinski definition) is 0. The van der Waals surface area contributed by atoms with Gasteiger partial charge in [0.05, 0.1) is 19.6 Å². The second-order valence-electron chi connectivity index (χ2n) is 4.95. The van der Waals surface area contributed by atoms with Gasteiger partial charge in [-0.1, -0.05) is 26.7 Å². The molecule has 0 rings (SSSR count). The third kappa shape index (κ3) is 10.9. The van der Waals surface area contributed by atoms with Gasteiger partial charge in [0.15, 0.2) is 0 Å². The van der Waals surface area contributed by atoms with Crippen molar-refractivity contribution in [2.24, 2.45) is 0 Å². The molecule has 22 heavy (non-hydrogen) atoms. The summed E-state index contributed by atoms with van der Waals surface area (Å²) in [7, 11) is 0. The second-order valence-corrected chi connectivity index (χ2v) is 6.45. The van der Waals surface area contributed by atoms with Crippen molar-refractivity contribution in [2.75, 3.05) is 19.8 Å². The summed E-state index contributed by atoms with van der Waals surface area (Å²) in [5.41, 5.74) is -0.169. The van der Waals surface area contributed by atoms with Crippen LogP contribution in [0.5, 0.6) is 0 Å². The average molecular weight is 334 g/mol. The first kappa shape index (κ1) is 21.2. The highest BCUT2D eigenvalue weighted by atomic mass is 32.2. The zero-order valence-electron chi connectivity index (χ0n) is 14.3. The quantitative estimate of drug-likeness (QED) is 0.292. The second kappa shape index (κ2) is 13.9. The van der Waals surface area contributed by atoms with Crippen LogP contribution in [0.4, 0.5) is 0 Å². The van der Waals surface area contributed by atoms with Gasteiger partial charge >= 0.3 is 11.9 Å². The fourth-order valence-electron chi connectivity index (χ4n) is 1.64. The molecule has 0 spiro atoms. The Morgan fingerprint density at radius 1 is 1.00 bits per heavy atom. The van der Waals surface area contributed by atoms with Crippen molar-refractivity contribution in [3.8, 4) is 0 Å². The van der Waals surface area contributed by atoms with Gasteiger partial charge in [-0.05, 0) is 26.7 Å². The lowest BCUT2D eigenvalue weighted by Gasteiger charge is -2.19. The Bertz CT molecular complexity index is 309. The van der Waals surface area contributed by atoms with Gasteiger partial charge in [0.1, 0.15) is 10.7 Å². The molecule has 0 amide bonds. The Morgan fingerprint density at radius 3 is 2.14 bits per heavy atom. The van der Waals surface area contributed by atoms with E-state index in [9.17, 15) is 9.59 Å². The highest BCUT2D eigenvalue weighted by molar-refractivity contribution is 8.01. The third-order valence-electron chi connectivity index (χ3n) is 2.88. The molecule has 5 nitrogen and oxygen atoms in total. The predicted octanol–water partition coefficient (Wildman–Crippen LogP) is 3.55. The van der Waals surface area contributed by atoms with E-state index in [-0.39, 0.29) is 23.8 Å². The molecule has 0 saturated carbocycles. The minimum Gasteiger partial charge on any atom is -0.466 e. The van der Waals surface area contributed by atoms with E-state index in [2.05, 4.69) is 0 Å². The van der Waals surface area contributed by atoms with E-state index in [1.54, 1.807) is 0 Å². The van der Waals surface area contributed by atoms with E-state index >= 15 is 0 Å². The number of thioether (sulfide) groups is 1. The van der Waals surface area contributed by atoms with Gasteiger partial charge in [-0.2, -0.15) is 0 Å². The first-order valence-corrected chi connectivity index (χ1v) is 9.08. The molecule has 6 heteroatoms. The SMILES string of the molecule is CCCCOC(=O)CC(S[C@@H](C)OCC)C(=O)OCCCC. The minimum atomic E-state index is -0.576. The van der Waals surface area contributed by atoms with Crippen molar-refractivity contribution in [3.05, 3.63) is 0 Å². The molecule has 0 saturated heterocycles. The lowest BCUT2D eigenvalue weighted by Crippen LogP contribution is -2.27. The monoisotopic (exact) mass is 334 g/mol. The van der Waals surface area contributed by atoms with Crippen LogP contribution in [0.2, 0.25) is 0 Å². The largest absolute Gasteiger partial charge is 0.466 e. The molecule has 0 heterocycles. The molecule has 0 aliphatic carbocycles. The van der Waals surface area contributed by atoms with Crippen LogP contribution in [-0.4, -0.2) is 42.4 Å². The van der Waals surface area contributed by atoms with Crippen molar-refractivity contribution >= 4 is 23.7 Å². The van der Waals surface area contributed by atoms with E-state index in [0.29, 0.717) is 19.8 Å². The summed E-state index contributed by atoms with van der Waals surface area (Å²) < 4.78 is 15.8. The Morgan fingerprint density at radius 2 is 1.59 bits per heavy atom. The summed E-state index contributed by atoms with van der Waals surface area (Å²) in [5, 5.41) is -0.576. The maximum absolute atomic E-state index is 12.1. The Labute approximate surface area is 138 Å². The van der Waals surface area contributed by atoms with Gasteiger partial charge in [-0.25, -0.2) is 0 Å². The molecule has 0 radical (unpaired) electrons. The molecule has 130 valence electrons. The summed E-state index contributed by atoms with van der Waals surface area (Å²) in [6.07, 6.45) is 3.60. The number of carbonyl (C=O) groups excluding carboxylic acids is 2. The molecule has 0 aromatic rings. The fourth-order valence-corrected chi connectivity index (χ4v) is 2.73. The van der Waals surface area contributed by atoms with Crippen LogP contribution in [0.15, 0.2) is 0 Å². The highest BCUT2D eigenvalue weighted by Gasteiger charge is 2.27. The highest BCUT2D eigenvalue weighted by Crippen LogP contribution is 2.23. The van der Waals surface area contributed by atoms with Crippen LogP contribution in [-0.2, 0) is 23.8 Å². The van der Waals surface area contributed by atoms with Crippen LogP contribution < -0.4 is 0 Å². The first-order chi connectivity index (χ1) is 10.5. The van der Waals surface area contributed by atoms with Crippen LogP contribution >= 0.6 is 11.8 Å². The van der Waals surface area contributed by atoms with Gasteiger partial charge < -0.3 is 14.2 Å². The Kier molecular flexibility index (Phi) is 13.4. The molecule has 1 unspecified atom stereocenters. The lowest BCUT2D eigenvalue weighted by atomic mass is 10.3. The van der Waals surface area contributed by atoms with Gasteiger partial charge in [0, 0.05) is 6.61 Å². The summed E-state index contributed by atoms with van der Waals surface area (Å²) in [6, 6.07) is 0. The number of hydrogen-bond acceptors (Lipinski definition) is 6. The molecule has 0 aliphatic rings. The molecule has 0 bridgehead atoms. The van der Waals surface area contributed by atoms with Crippen LogP contribution in [0.1, 0.15) is 59.8 Å². The lowest BCUT2D eigenvalue weighted by molar-refractivity contribution is -0.149. The first-order valence-electron chi connectivity index (χ1n) is 8.14. The van der Waals surface area contributed by atoms with Crippen LogP contribution in [0.3, 0.4) is 0 Å². The molecule has 0 aliphatic heterocycles. The van der Waals surface area contributed by atoms with Crippen molar-refractivity contribution in [1.82, 2.24) is 0 Å². The third-order valence-corrected chi connectivity index (χ3v) is 4.08.